The number of carbonyl (C=O) groups is 2. The van der Waals surface area contributed by atoms with Crippen LogP contribution in [0.15, 0.2) is 77.7 Å². The molecule has 40 heavy (non-hydrogen) atoms. The Morgan fingerprint density at radius 3 is 2.25 bits per heavy atom. The molecule has 2 amide bonds. The van der Waals surface area contributed by atoms with E-state index in [4.69, 9.17) is 27.9 Å². The number of hydrogen-bond donors (Lipinski definition) is 1. The van der Waals surface area contributed by atoms with Crippen molar-refractivity contribution in [1.82, 2.24) is 10.2 Å². The highest BCUT2D eigenvalue weighted by Crippen LogP contribution is 2.27. The van der Waals surface area contributed by atoms with Crippen LogP contribution in [0.25, 0.3) is 0 Å². The quantitative estimate of drug-likeness (QED) is 0.258. The second kappa shape index (κ2) is 14.4. The van der Waals surface area contributed by atoms with Gasteiger partial charge in [0.15, 0.2) is 0 Å². The number of ether oxygens (including phenoxy) is 1. The molecule has 0 aliphatic rings. The van der Waals surface area contributed by atoms with Gasteiger partial charge in [-0.05, 0) is 73.5 Å². The molecule has 0 spiro atoms. The molecule has 3 aromatic rings. The van der Waals surface area contributed by atoms with Crippen molar-refractivity contribution in [3.05, 3.63) is 88.4 Å². The molecular weight excluding hydrogens is 573 g/mol. The van der Waals surface area contributed by atoms with E-state index in [1.165, 1.54) is 35.2 Å². The van der Waals surface area contributed by atoms with E-state index in [1.54, 1.807) is 56.5 Å². The lowest BCUT2D eigenvalue weighted by Crippen LogP contribution is -2.51. The Labute approximate surface area is 245 Å². The maximum absolute atomic E-state index is 13.9. The average molecular weight is 607 g/mol. The molecule has 214 valence electrons. The maximum atomic E-state index is 13.9. The maximum Gasteiger partial charge on any atom is 0.264 e. The van der Waals surface area contributed by atoms with Gasteiger partial charge in [0.2, 0.25) is 11.8 Å². The van der Waals surface area contributed by atoms with Gasteiger partial charge in [-0.3, -0.25) is 13.9 Å². The Bertz CT molecular complexity index is 1400. The van der Waals surface area contributed by atoms with Crippen LogP contribution >= 0.6 is 23.2 Å². The first-order valence-electron chi connectivity index (χ1n) is 12.8. The molecule has 3 rings (SSSR count). The molecule has 8 nitrogen and oxygen atoms in total. The number of carbonyl (C=O) groups excluding carboxylic acids is 2. The molecule has 0 fully saturated rings. The summed E-state index contributed by atoms with van der Waals surface area (Å²) in [7, 11) is -2.66. The monoisotopic (exact) mass is 605 g/mol. The van der Waals surface area contributed by atoms with E-state index in [1.807, 2.05) is 6.92 Å². The van der Waals surface area contributed by atoms with Crippen molar-refractivity contribution >= 4 is 50.7 Å². The van der Waals surface area contributed by atoms with Crippen LogP contribution in [0.3, 0.4) is 0 Å². The van der Waals surface area contributed by atoms with Crippen molar-refractivity contribution < 1.29 is 22.7 Å². The number of unbranched alkanes of at least 4 members (excludes halogenated alkanes) is 1. The molecule has 0 heterocycles. The van der Waals surface area contributed by atoms with E-state index in [9.17, 15) is 18.0 Å². The van der Waals surface area contributed by atoms with E-state index in [0.717, 1.165) is 22.7 Å². The summed E-state index contributed by atoms with van der Waals surface area (Å²) in [5.41, 5.74) is 0.956. The van der Waals surface area contributed by atoms with E-state index in [-0.39, 0.29) is 23.0 Å². The molecule has 0 bridgehead atoms. The zero-order valence-corrected chi connectivity index (χ0v) is 25.0. The third-order valence-electron chi connectivity index (χ3n) is 6.29. The number of methoxy groups -OCH3 is 1. The number of sulfonamides is 1. The van der Waals surface area contributed by atoms with E-state index >= 15 is 0 Å². The summed E-state index contributed by atoms with van der Waals surface area (Å²) in [6.45, 7) is 3.63. The SMILES string of the molecule is CCCCNC(=O)C(C)N(Cc1ccc(OC)cc1)C(=O)CN(c1cccc(Cl)c1)S(=O)(=O)c1ccc(Cl)cc1. The minimum atomic E-state index is -4.21. The molecule has 1 atom stereocenters. The fourth-order valence-corrected chi connectivity index (χ4v) is 5.66. The Morgan fingerprint density at radius 2 is 1.65 bits per heavy atom. The van der Waals surface area contributed by atoms with Gasteiger partial charge < -0.3 is 15.0 Å². The molecule has 0 aliphatic heterocycles. The highest BCUT2D eigenvalue weighted by atomic mass is 35.5. The van der Waals surface area contributed by atoms with Crippen molar-refractivity contribution in [1.29, 1.82) is 0 Å². The van der Waals surface area contributed by atoms with Gasteiger partial charge in [-0.15, -0.1) is 0 Å². The van der Waals surface area contributed by atoms with Gasteiger partial charge in [0, 0.05) is 23.1 Å². The number of hydrogen-bond acceptors (Lipinski definition) is 5. The molecule has 0 saturated heterocycles. The Hall–Kier alpha value is -3.27. The van der Waals surface area contributed by atoms with Crippen LogP contribution in [0, 0.1) is 0 Å². The van der Waals surface area contributed by atoms with Crippen molar-refractivity contribution in [2.45, 2.75) is 44.2 Å². The molecule has 1 N–H and O–H groups in total. The minimum absolute atomic E-state index is 0.0447. The molecular formula is C29H33Cl2N3O5S. The van der Waals surface area contributed by atoms with Crippen LogP contribution in [0.1, 0.15) is 32.3 Å². The molecule has 3 aromatic carbocycles. The van der Waals surface area contributed by atoms with Crippen molar-refractivity contribution in [2.75, 3.05) is 24.5 Å². The van der Waals surface area contributed by atoms with Crippen LogP contribution in [-0.4, -0.2) is 51.4 Å². The zero-order chi connectivity index (χ0) is 29.3. The molecule has 0 radical (unpaired) electrons. The number of nitrogens with zero attached hydrogens (tertiary/aromatic N) is 2. The summed E-state index contributed by atoms with van der Waals surface area (Å²) in [5.74, 6) is -0.246. The normalized spacial score (nSPS) is 11.9. The summed E-state index contributed by atoms with van der Waals surface area (Å²) in [6, 6.07) is 18.1. The van der Waals surface area contributed by atoms with Gasteiger partial charge >= 0.3 is 0 Å². The number of benzene rings is 3. The average Bonchev–Trinajstić information content (AvgIpc) is 2.94. The summed E-state index contributed by atoms with van der Waals surface area (Å²) in [6.07, 6.45) is 1.70. The Morgan fingerprint density at radius 1 is 0.975 bits per heavy atom. The largest absolute Gasteiger partial charge is 0.497 e. The predicted octanol–water partition coefficient (Wildman–Crippen LogP) is 5.53. The van der Waals surface area contributed by atoms with E-state index in [2.05, 4.69) is 5.32 Å². The van der Waals surface area contributed by atoms with Gasteiger partial charge in [-0.25, -0.2) is 8.42 Å². The zero-order valence-electron chi connectivity index (χ0n) is 22.6. The lowest BCUT2D eigenvalue weighted by molar-refractivity contribution is -0.139. The smallest absolute Gasteiger partial charge is 0.264 e. The lowest BCUT2D eigenvalue weighted by Gasteiger charge is -2.32. The number of anilines is 1. The molecule has 0 saturated carbocycles. The van der Waals surface area contributed by atoms with Crippen LogP contribution in [-0.2, 0) is 26.2 Å². The molecule has 11 heteroatoms. The van der Waals surface area contributed by atoms with Crippen LogP contribution < -0.4 is 14.4 Å². The summed E-state index contributed by atoms with van der Waals surface area (Å²) < 4.78 is 33.8. The highest BCUT2D eigenvalue weighted by Gasteiger charge is 2.32. The third-order valence-corrected chi connectivity index (χ3v) is 8.56. The second-order valence-corrected chi connectivity index (χ2v) is 11.9. The minimum Gasteiger partial charge on any atom is -0.497 e. The van der Waals surface area contributed by atoms with Crippen molar-refractivity contribution in [2.24, 2.45) is 0 Å². The van der Waals surface area contributed by atoms with Gasteiger partial charge in [0.25, 0.3) is 10.0 Å². The topological polar surface area (TPSA) is 96.0 Å². The number of rotatable bonds is 13. The van der Waals surface area contributed by atoms with Crippen LogP contribution in [0.5, 0.6) is 5.75 Å². The summed E-state index contributed by atoms with van der Waals surface area (Å²) >= 11 is 12.2. The molecule has 0 aromatic heterocycles. The molecule has 1 unspecified atom stereocenters. The fourth-order valence-electron chi connectivity index (χ4n) is 3.94. The fraction of sp³-hybridized carbons (Fsp3) is 0.310. The first-order valence-corrected chi connectivity index (χ1v) is 15.0. The van der Waals surface area contributed by atoms with Gasteiger partial charge in [0.1, 0.15) is 18.3 Å². The lowest BCUT2D eigenvalue weighted by atomic mass is 10.1. The first-order chi connectivity index (χ1) is 19.1. The summed E-state index contributed by atoms with van der Waals surface area (Å²) in [5, 5.41) is 3.54. The Kier molecular flexibility index (Phi) is 11.2. The van der Waals surface area contributed by atoms with Gasteiger partial charge in [-0.2, -0.15) is 0 Å². The van der Waals surface area contributed by atoms with Gasteiger partial charge in [-0.1, -0.05) is 54.7 Å². The number of halogens is 2. The van der Waals surface area contributed by atoms with Crippen LogP contribution in [0.2, 0.25) is 10.0 Å². The van der Waals surface area contributed by atoms with E-state index in [0.29, 0.717) is 22.3 Å². The summed E-state index contributed by atoms with van der Waals surface area (Å²) in [4.78, 5) is 28.3. The first kappa shape index (κ1) is 31.3. The number of amides is 2. The van der Waals surface area contributed by atoms with Crippen molar-refractivity contribution in [3.63, 3.8) is 0 Å². The second-order valence-electron chi connectivity index (χ2n) is 9.14. The van der Waals surface area contributed by atoms with E-state index < -0.39 is 28.5 Å². The molecule has 0 aliphatic carbocycles. The standard InChI is InChI=1S/C29H33Cl2N3O5S/c1-4-5-17-32-29(36)21(2)33(19-22-9-13-26(39-3)14-10-22)28(35)20-34(25-8-6-7-24(31)18-25)40(37,38)27-15-11-23(30)12-16-27/h6-16,18,21H,4-5,17,19-20H2,1-3H3,(H,32,36). The van der Waals surface area contributed by atoms with Gasteiger partial charge in [0.05, 0.1) is 17.7 Å². The highest BCUT2D eigenvalue weighted by molar-refractivity contribution is 7.92. The predicted molar refractivity (Wildman–Crippen MR) is 158 cm³/mol. The number of nitrogens with one attached hydrogen (secondary N) is 1. The van der Waals surface area contributed by atoms with Crippen molar-refractivity contribution in [3.8, 4) is 5.75 Å². The third kappa shape index (κ3) is 8.13. The Balaban J connectivity index is 1.99. The van der Waals surface area contributed by atoms with Crippen LogP contribution in [0.4, 0.5) is 5.69 Å².